The van der Waals surface area contributed by atoms with Crippen molar-refractivity contribution >= 4 is 34.4 Å². The van der Waals surface area contributed by atoms with Crippen LogP contribution in [0.2, 0.25) is 0 Å². The molecule has 4 rings (SSSR count). The summed E-state index contributed by atoms with van der Waals surface area (Å²) < 4.78 is 8.13. The number of ether oxygens (including phenoxy) is 1. The minimum Gasteiger partial charge on any atom is -0.497 e. The lowest BCUT2D eigenvalue weighted by molar-refractivity contribution is 0.221. The van der Waals surface area contributed by atoms with Gasteiger partial charge in [0.25, 0.3) is 0 Å². The summed E-state index contributed by atoms with van der Waals surface area (Å²) in [6, 6.07) is 8.93. The second-order valence-corrected chi connectivity index (χ2v) is 9.57. The Morgan fingerprint density at radius 1 is 1.07 bits per heavy atom. The first-order chi connectivity index (χ1) is 14.2. The van der Waals surface area contributed by atoms with Crippen molar-refractivity contribution < 1.29 is 4.74 Å². The van der Waals surface area contributed by atoms with Gasteiger partial charge in [-0.15, -0.1) is 5.10 Å². The molecule has 158 valence electrons. The number of hydrogen-bond donors (Lipinski definition) is 1. The predicted molar refractivity (Wildman–Crippen MR) is 123 cm³/mol. The van der Waals surface area contributed by atoms with Gasteiger partial charge in [0.15, 0.2) is 3.95 Å². The summed E-state index contributed by atoms with van der Waals surface area (Å²) in [6.07, 6.45) is 7.64. The molecule has 0 radical (unpaired) electrons. The number of nitrogens with one attached hydrogen (secondary N) is 1. The highest BCUT2D eigenvalue weighted by Crippen LogP contribution is 2.24. The Morgan fingerprint density at radius 2 is 1.86 bits per heavy atom. The van der Waals surface area contributed by atoms with Crippen LogP contribution in [0, 0.1) is 3.95 Å². The molecule has 1 saturated heterocycles. The summed E-state index contributed by atoms with van der Waals surface area (Å²) in [5.41, 5.74) is 1.26. The maximum Gasteiger partial charge on any atom is 0.204 e. The van der Waals surface area contributed by atoms with E-state index in [-0.39, 0.29) is 0 Å². The highest BCUT2D eigenvalue weighted by Gasteiger charge is 2.18. The summed E-state index contributed by atoms with van der Waals surface area (Å²) >= 11 is 7.21. The van der Waals surface area contributed by atoms with E-state index in [1.165, 1.54) is 37.8 Å². The Bertz CT molecular complexity index is 828. The van der Waals surface area contributed by atoms with Gasteiger partial charge in [0.1, 0.15) is 5.75 Å². The maximum absolute atomic E-state index is 5.60. The molecule has 0 spiro atoms. The predicted octanol–water partition coefficient (Wildman–Crippen LogP) is 4.60. The molecule has 0 atom stereocenters. The lowest BCUT2D eigenvalue weighted by Gasteiger charge is -2.24. The van der Waals surface area contributed by atoms with Crippen LogP contribution in [0.4, 0.5) is 10.8 Å². The molecule has 6 nitrogen and oxygen atoms in total. The number of nitrogens with zero attached hydrogens (tertiary/aromatic N) is 4. The van der Waals surface area contributed by atoms with Crippen molar-refractivity contribution in [2.24, 2.45) is 0 Å². The molecule has 2 heterocycles. The topological polar surface area (TPSA) is 45.6 Å². The van der Waals surface area contributed by atoms with Crippen LogP contribution in [0.5, 0.6) is 5.75 Å². The van der Waals surface area contributed by atoms with Gasteiger partial charge in [-0.05, 0) is 55.7 Å². The minimum absolute atomic E-state index is 0.564. The number of benzene rings is 1. The third-order valence-corrected chi connectivity index (χ3v) is 7.14. The van der Waals surface area contributed by atoms with E-state index in [0.717, 1.165) is 54.1 Å². The van der Waals surface area contributed by atoms with Crippen LogP contribution in [0.1, 0.15) is 38.5 Å². The highest BCUT2D eigenvalue weighted by atomic mass is 32.1. The van der Waals surface area contributed by atoms with Crippen LogP contribution < -0.4 is 15.0 Å². The minimum atomic E-state index is 0.564. The van der Waals surface area contributed by atoms with Crippen LogP contribution >= 0.6 is 23.6 Å². The summed E-state index contributed by atoms with van der Waals surface area (Å²) in [4.78, 5) is 4.92. The molecule has 1 saturated carbocycles. The number of aromatic nitrogens is 2. The first-order valence-corrected chi connectivity index (χ1v) is 11.9. The molecular weight excluding hydrogens is 402 g/mol. The van der Waals surface area contributed by atoms with Crippen LogP contribution in [-0.4, -0.2) is 54.0 Å². The summed E-state index contributed by atoms with van der Waals surface area (Å²) in [6.45, 7) is 4.93. The Kier molecular flexibility index (Phi) is 7.05. The number of methoxy groups -OCH3 is 1. The summed E-state index contributed by atoms with van der Waals surface area (Å²) in [5, 5.41) is 9.37. The van der Waals surface area contributed by atoms with Crippen molar-refractivity contribution in [3.05, 3.63) is 28.2 Å². The van der Waals surface area contributed by atoms with Gasteiger partial charge < -0.3 is 15.0 Å². The normalized spacial score (nSPS) is 19.1. The molecule has 2 aromatic rings. The van der Waals surface area contributed by atoms with E-state index in [2.05, 4.69) is 27.2 Å². The third-order valence-electron chi connectivity index (χ3n) is 5.90. The largest absolute Gasteiger partial charge is 0.497 e. The van der Waals surface area contributed by atoms with E-state index in [9.17, 15) is 0 Å². The average molecular weight is 434 g/mol. The van der Waals surface area contributed by atoms with Crippen molar-refractivity contribution in [3.8, 4) is 5.75 Å². The van der Waals surface area contributed by atoms with E-state index < -0.39 is 0 Å². The molecule has 2 fully saturated rings. The Morgan fingerprint density at radius 3 is 2.62 bits per heavy atom. The lowest BCUT2D eigenvalue weighted by atomic mass is 9.96. The second-order valence-electron chi connectivity index (χ2n) is 7.95. The molecule has 1 N–H and O–H groups in total. The molecule has 1 aromatic heterocycles. The summed E-state index contributed by atoms with van der Waals surface area (Å²) in [7, 11) is 1.71. The highest BCUT2D eigenvalue weighted by molar-refractivity contribution is 7.73. The van der Waals surface area contributed by atoms with Crippen LogP contribution in [0.15, 0.2) is 24.3 Å². The zero-order chi connectivity index (χ0) is 20.1. The van der Waals surface area contributed by atoms with Gasteiger partial charge in [0.2, 0.25) is 5.13 Å². The Balaban J connectivity index is 1.33. The Labute approximate surface area is 182 Å². The van der Waals surface area contributed by atoms with E-state index in [1.54, 1.807) is 18.4 Å². The van der Waals surface area contributed by atoms with Gasteiger partial charge in [0.05, 0.1) is 13.8 Å². The number of hydrogen-bond acceptors (Lipinski definition) is 7. The van der Waals surface area contributed by atoms with Crippen molar-refractivity contribution in [2.45, 2.75) is 51.2 Å². The SMILES string of the molecule is COc1ccc(N2CCCN(Cn3nc(NC4CCCCC4)sc3=S)CC2)cc1. The van der Waals surface area contributed by atoms with E-state index >= 15 is 0 Å². The molecule has 29 heavy (non-hydrogen) atoms. The molecule has 8 heteroatoms. The zero-order valence-electron chi connectivity index (χ0n) is 17.2. The first kappa shape index (κ1) is 20.6. The standard InChI is InChI=1S/C21H31N5OS2/c1-27-19-10-8-18(9-11-19)25-13-5-12-24(14-15-25)16-26-21(28)29-20(23-26)22-17-6-3-2-4-7-17/h8-11,17H,2-7,12-16H2,1H3,(H,22,23). The molecular formula is C21H31N5OS2. The van der Waals surface area contributed by atoms with Gasteiger partial charge in [-0.1, -0.05) is 30.6 Å². The maximum atomic E-state index is 5.60. The van der Waals surface area contributed by atoms with Crippen molar-refractivity contribution in [2.75, 3.05) is 43.5 Å². The van der Waals surface area contributed by atoms with E-state index in [4.69, 9.17) is 22.1 Å². The van der Waals surface area contributed by atoms with Crippen LogP contribution in [-0.2, 0) is 6.67 Å². The van der Waals surface area contributed by atoms with E-state index in [1.807, 2.05) is 16.8 Å². The van der Waals surface area contributed by atoms with Crippen molar-refractivity contribution in [1.29, 1.82) is 0 Å². The first-order valence-electron chi connectivity index (χ1n) is 10.7. The molecule has 2 aliphatic rings. The molecule has 1 aliphatic carbocycles. The molecule has 1 aliphatic heterocycles. The van der Waals surface area contributed by atoms with E-state index in [0.29, 0.717) is 6.04 Å². The molecule has 0 bridgehead atoms. The van der Waals surface area contributed by atoms with Gasteiger partial charge in [0, 0.05) is 37.9 Å². The molecule has 1 aromatic carbocycles. The third kappa shape index (κ3) is 5.49. The zero-order valence-corrected chi connectivity index (χ0v) is 18.8. The van der Waals surface area contributed by atoms with Crippen molar-refractivity contribution in [1.82, 2.24) is 14.7 Å². The molecule has 0 unspecified atom stereocenters. The van der Waals surface area contributed by atoms with Gasteiger partial charge >= 0.3 is 0 Å². The van der Waals surface area contributed by atoms with Crippen LogP contribution in [0.25, 0.3) is 0 Å². The van der Waals surface area contributed by atoms with Crippen molar-refractivity contribution in [3.63, 3.8) is 0 Å². The van der Waals surface area contributed by atoms with Gasteiger partial charge in [-0.2, -0.15) is 0 Å². The Hall–Kier alpha value is -1.64. The fourth-order valence-electron chi connectivity index (χ4n) is 4.23. The lowest BCUT2D eigenvalue weighted by Crippen LogP contribution is -2.32. The van der Waals surface area contributed by atoms with Crippen LogP contribution in [0.3, 0.4) is 0 Å². The van der Waals surface area contributed by atoms with Gasteiger partial charge in [-0.3, -0.25) is 4.90 Å². The molecule has 0 amide bonds. The quantitative estimate of drug-likeness (QED) is 0.672. The summed E-state index contributed by atoms with van der Waals surface area (Å²) in [5.74, 6) is 0.903. The fraction of sp³-hybridized carbons (Fsp3) is 0.619. The second kappa shape index (κ2) is 9.91. The fourth-order valence-corrected chi connectivity index (χ4v) is 5.30. The number of anilines is 2. The monoisotopic (exact) mass is 433 g/mol. The van der Waals surface area contributed by atoms with Gasteiger partial charge in [-0.25, -0.2) is 4.68 Å². The smallest absolute Gasteiger partial charge is 0.204 e. The average Bonchev–Trinajstić information content (AvgIpc) is 2.94. The number of rotatable bonds is 6.